The van der Waals surface area contributed by atoms with Crippen LogP contribution in [0.25, 0.3) is 0 Å². The van der Waals surface area contributed by atoms with Crippen LogP contribution in [0, 0.1) is 0 Å². The predicted molar refractivity (Wildman–Crippen MR) is 84.2 cm³/mol. The first kappa shape index (κ1) is 17.3. The fourth-order valence-corrected chi connectivity index (χ4v) is 2.55. The quantitative estimate of drug-likeness (QED) is 0.190. The number of nitrogen functional groups attached to an aromatic ring is 1. The highest BCUT2D eigenvalue weighted by molar-refractivity contribution is 7.32. The Morgan fingerprint density at radius 1 is 1.57 bits per heavy atom. The average Bonchev–Trinajstić information content (AvgIpc) is 2.85. The van der Waals surface area contributed by atoms with Crippen LogP contribution in [0.5, 0.6) is 0 Å². The summed E-state index contributed by atoms with van der Waals surface area (Å²) in [6.45, 7) is 3.73. The lowest BCUT2D eigenvalue weighted by molar-refractivity contribution is 0.0242. The van der Waals surface area contributed by atoms with E-state index in [9.17, 15) is 9.36 Å². The molecule has 1 heterocycles. The Morgan fingerprint density at radius 3 is 2.87 bits per heavy atom. The van der Waals surface area contributed by atoms with Crippen molar-refractivity contribution in [3.8, 4) is 0 Å². The van der Waals surface area contributed by atoms with E-state index < -0.39 is 26.5 Å². The summed E-state index contributed by atoms with van der Waals surface area (Å²) in [7, 11) is -2.71. The number of carbonyl (C=O) groups excluding carboxylic acids is 1. The SMILES string of the molecule is C=C1CC(N(N)c2cccc(C(N)=O)c2N)OC1CO[P+](=O)O. The summed E-state index contributed by atoms with van der Waals surface area (Å²) in [5.41, 5.74) is 12.5. The number of primary amides is 1. The van der Waals surface area contributed by atoms with Crippen molar-refractivity contribution in [1.82, 2.24) is 0 Å². The summed E-state index contributed by atoms with van der Waals surface area (Å²) in [6.07, 6.45) is -0.775. The zero-order valence-electron chi connectivity index (χ0n) is 12.2. The molecule has 3 atom stereocenters. The highest BCUT2D eigenvalue weighted by atomic mass is 31.1. The van der Waals surface area contributed by atoms with Crippen LogP contribution in [-0.4, -0.2) is 29.7 Å². The maximum atomic E-state index is 11.3. The van der Waals surface area contributed by atoms with Crippen molar-refractivity contribution in [1.29, 1.82) is 0 Å². The van der Waals surface area contributed by atoms with Gasteiger partial charge in [-0.15, -0.1) is 9.42 Å². The van der Waals surface area contributed by atoms with Crippen LogP contribution >= 0.6 is 8.25 Å². The molecule has 1 aliphatic heterocycles. The summed E-state index contributed by atoms with van der Waals surface area (Å²) in [6, 6.07) is 4.73. The number of para-hydroxylation sites is 1. The first-order valence-electron chi connectivity index (χ1n) is 6.65. The summed E-state index contributed by atoms with van der Waals surface area (Å²) < 4.78 is 20.9. The molecule has 0 aliphatic carbocycles. The van der Waals surface area contributed by atoms with Gasteiger partial charge >= 0.3 is 8.25 Å². The third-order valence-electron chi connectivity index (χ3n) is 3.49. The molecule has 1 fully saturated rings. The first-order valence-corrected chi connectivity index (χ1v) is 7.78. The molecule has 23 heavy (non-hydrogen) atoms. The van der Waals surface area contributed by atoms with Gasteiger partial charge in [0.15, 0.2) is 0 Å². The molecule has 9 nitrogen and oxygen atoms in total. The Kier molecular flexibility index (Phi) is 5.30. The molecule has 0 radical (unpaired) electrons. The second-order valence-corrected chi connectivity index (χ2v) is 5.72. The number of anilines is 2. The van der Waals surface area contributed by atoms with Crippen LogP contribution in [0.4, 0.5) is 11.4 Å². The highest BCUT2D eigenvalue weighted by Crippen LogP contribution is 2.33. The molecule has 0 spiro atoms. The van der Waals surface area contributed by atoms with Crippen LogP contribution in [0.15, 0.2) is 30.4 Å². The molecule has 1 aromatic rings. The molecule has 1 saturated heterocycles. The van der Waals surface area contributed by atoms with Crippen LogP contribution in [-0.2, 0) is 13.8 Å². The van der Waals surface area contributed by atoms with E-state index in [0.717, 1.165) is 0 Å². The van der Waals surface area contributed by atoms with Crippen LogP contribution in [0.1, 0.15) is 16.8 Å². The van der Waals surface area contributed by atoms with E-state index >= 15 is 0 Å². The Morgan fingerprint density at radius 2 is 2.26 bits per heavy atom. The number of nitrogens with zero attached hydrogens (tertiary/aromatic N) is 1. The molecular formula is C13H18N4O5P+. The normalized spacial score (nSPS) is 21.3. The fraction of sp³-hybridized carbons (Fsp3) is 0.308. The van der Waals surface area contributed by atoms with E-state index in [4.69, 9.17) is 26.9 Å². The zero-order valence-corrected chi connectivity index (χ0v) is 13.1. The zero-order chi connectivity index (χ0) is 17.1. The van der Waals surface area contributed by atoms with Crippen molar-refractivity contribution in [2.45, 2.75) is 18.8 Å². The van der Waals surface area contributed by atoms with Gasteiger partial charge in [0.2, 0.25) is 0 Å². The molecule has 1 amide bonds. The number of rotatable bonds is 6. The number of amides is 1. The largest absolute Gasteiger partial charge is 0.694 e. The van der Waals surface area contributed by atoms with E-state index in [2.05, 4.69) is 11.1 Å². The molecule has 1 aliphatic rings. The lowest BCUT2D eigenvalue weighted by Gasteiger charge is -2.27. The first-order chi connectivity index (χ1) is 10.8. The number of hydrogen-bond acceptors (Lipinski definition) is 7. The molecule has 0 bridgehead atoms. The number of carbonyl (C=O) groups is 1. The Labute approximate surface area is 133 Å². The van der Waals surface area contributed by atoms with Crippen molar-refractivity contribution in [3.63, 3.8) is 0 Å². The van der Waals surface area contributed by atoms with E-state index in [0.29, 0.717) is 17.7 Å². The van der Waals surface area contributed by atoms with E-state index in [1.165, 1.54) is 11.1 Å². The van der Waals surface area contributed by atoms with Gasteiger partial charge < -0.3 is 16.2 Å². The lowest BCUT2D eigenvalue weighted by Crippen LogP contribution is -2.42. The van der Waals surface area contributed by atoms with E-state index in [-0.39, 0.29) is 17.9 Å². The van der Waals surface area contributed by atoms with Gasteiger partial charge in [0.05, 0.1) is 16.9 Å². The lowest BCUT2D eigenvalue weighted by atomic mass is 10.1. The van der Waals surface area contributed by atoms with E-state index in [1.807, 2.05) is 0 Å². The van der Waals surface area contributed by atoms with Gasteiger partial charge in [-0.25, -0.2) is 5.84 Å². The maximum Gasteiger partial charge on any atom is 0.694 e. The van der Waals surface area contributed by atoms with Gasteiger partial charge in [0, 0.05) is 11.0 Å². The molecule has 2 rings (SSSR count). The Bertz CT molecular complexity index is 653. The second kappa shape index (κ2) is 7.03. The summed E-state index contributed by atoms with van der Waals surface area (Å²) in [5.74, 6) is 5.38. The maximum absolute atomic E-state index is 11.3. The molecular weight excluding hydrogens is 323 g/mol. The van der Waals surface area contributed by atoms with Crippen molar-refractivity contribution in [2.75, 3.05) is 17.3 Å². The minimum atomic E-state index is -2.71. The van der Waals surface area contributed by atoms with Gasteiger partial charge in [0.1, 0.15) is 18.9 Å². The Balaban J connectivity index is 2.14. The van der Waals surface area contributed by atoms with Gasteiger partial charge in [-0.2, -0.15) is 0 Å². The summed E-state index contributed by atoms with van der Waals surface area (Å²) in [4.78, 5) is 20.0. The van der Waals surface area contributed by atoms with Crippen LogP contribution in [0.2, 0.25) is 0 Å². The highest BCUT2D eigenvalue weighted by Gasteiger charge is 2.35. The summed E-state index contributed by atoms with van der Waals surface area (Å²) in [5, 5.41) is 1.27. The van der Waals surface area contributed by atoms with Gasteiger partial charge in [-0.05, 0) is 17.7 Å². The van der Waals surface area contributed by atoms with Crippen LogP contribution < -0.4 is 22.3 Å². The van der Waals surface area contributed by atoms with Crippen molar-refractivity contribution >= 4 is 25.5 Å². The average molecular weight is 341 g/mol. The van der Waals surface area contributed by atoms with E-state index in [1.54, 1.807) is 12.1 Å². The number of ether oxygens (including phenoxy) is 1. The van der Waals surface area contributed by atoms with Crippen LogP contribution in [0.3, 0.4) is 0 Å². The number of nitrogens with two attached hydrogens (primary N) is 3. The third-order valence-corrected chi connectivity index (χ3v) is 3.86. The topological polar surface area (TPSA) is 154 Å². The molecule has 7 N–H and O–H groups in total. The summed E-state index contributed by atoms with van der Waals surface area (Å²) >= 11 is 0. The molecule has 0 saturated carbocycles. The Hall–Kier alpha value is -2.03. The predicted octanol–water partition coefficient (Wildman–Crippen LogP) is 0.385. The number of hydrogen-bond donors (Lipinski definition) is 4. The molecule has 124 valence electrons. The number of benzene rings is 1. The van der Waals surface area contributed by atoms with Crippen molar-refractivity contribution < 1.29 is 23.5 Å². The van der Waals surface area contributed by atoms with Gasteiger partial charge in [-0.3, -0.25) is 9.80 Å². The minimum Gasteiger partial charge on any atom is -0.396 e. The molecule has 10 heteroatoms. The van der Waals surface area contributed by atoms with Crippen molar-refractivity contribution in [2.24, 2.45) is 11.6 Å². The third kappa shape index (κ3) is 3.84. The fourth-order valence-electron chi connectivity index (χ4n) is 2.29. The smallest absolute Gasteiger partial charge is 0.396 e. The number of hydrazine groups is 1. The molecule has 0 aromatic heterocycles. The molecule has 1 aromatic carbocycles. The van der Waals surface area contributed by atoms with Crippen molar-refractivity contribution in [3.05, 3.63) is 35.9 Å². The second-order valence-electron chi connectivity index (χ2n) is 4.99. The molecule has 3 unspecified atom stereocenters. The van der Waals surface area contributed by atoms with Gasteiger partial charge in [-0.1, -0.05) is 12.6 Å². The monoisotopic (exact) mass is 341 g/mol. The standard InChI is InChI=1S/C13H17N4O5P/c1-7-5-11(22-10(7)6-21-23(19)20)17(16)9-4-2-3-8(12(9)14)13(15)18/h2-4,10-11H,1,5-6,16H2,(H4-,14,15,18,19,20)/p+1. The minimum absolute atomic E-state index is 0.105. The van der Waals surface area contributed by atoms with Gasteiger partial charge in [0.25, 0.3) is 5.91 Å².